The van der Waals surface area contributed by atoms with Gasteiger partial charge in [-0.25, -0.2) is 0 Å². The Morgan fingerprint density at radius 1 is 0.750 bits per heavy atom. The van der Waals surface area contributed by atoms with Crippen LogP contribution in [0.3, 0.4) is 0 Å². The van der Waals surface area contributed by atoms with E-state index in [-0.39, 0.29) is 0 Å². The molecule has 3 nitrogen and oxygen atoms in total. The van der Waals surface area contributed by atoms with Crippen LogP contribution < -0.4 is 0 Å². The zero-order valence-corrected chi connectivity index (χ0v) is 11.0. The van der Waals surface area contributed by atoms with Crippen LogP contribution in [0.4, 0.5) is 0 Å². The molecule has 0 aliphatic rings. The molecule has 0 atom stereocenters. The van der Waals surface area contributed by atoms with E-state index in [1.807, 2.05) is 27.4 Å². The first-order chi connectivity index (χ1) is 7.79. The number of benzene rings is 1. The molecule has 94 valence electrons. The van der Waals surface area contributed by atoms with Gasteiger partial charge in [0, 0.05) is 7.11 Å². The maximum Gasteiger partial charge on any atom is 0.106 e. The highest BCUT2D eigenvalue weighted by molar-refractivity contribution is 5.19. The van der Waals surface area contributed by atoms with Gasteiger partial charge in [0.15, 0.2) is 0 Å². The van der Waals surface area contributed by atoms with Crippen LogP contribution in [0.1, 0.15) is 25.0 Å². The van der Waals surface area contributed by atoms with Crippen molar-refractivity contribution in [1.82, 2.24) is 0 Å². The van der Waals surface area contributed by atoms with Crippen LogP contribution in [0.25, 0.3) is 0 Å². The number of aryl methyl sites for hydroxylation is 2. The number of rotatable bonds is 0. The maximum atomic E-state index is 8.00. The molecule has 0 fully saturated rings. The van der Waals surface area contributed by atoms with E-state index < -0.39 is 0 Å². The topological polar surface area (TPSA) is 54.4 Å². The van der Waals surface area contributed by atoms with Crippen molar-refractivity contribution in [3.63, 3.8) is 0 Å². The molecule has 0 aliphatic heterocycles. The Morgan fingerprint density at radius 3 is 1.00 bits per heavy atom. The van der Waals surface area contributed by atoms with Crippen molar-refractivity contribution >= 4 is 13.6 Å². The molecule has 0 aromatic heterocycles. The Hall–Kier alpha value is -1.48. The quantitative estimate of drug-likeness (QED) is 0.742. The Morgan fingerprint density at radius 2 is 0.875 bits per heavy atom. The summed E-state index contributed by atoms with van der Waals surface area (Å²) in [6.07, 6.45) is 0. The summed E-state index contributed by atoms with van der Waals surface area (Å²) in [5.41, 5.74) is 2.66. The van der Waals surface area contributed by atoms with Crippen LogP contribution in [-0.4, -0.2) is 25.8 Å². The van der Waals surface area contributed by atoms with E-state index in [9.17, 15) is 0 Å². The van der Waals surface area contributed by atoms with Crippen molar-refractivity contribution in [1.29, 1.82) is 0 Å². The molecule has 1 N–H and O–H groups in total. The first-order valence-corrected chi connectivity index (χ1v) is 4.85. The Balaban J connectivity index is -0.0000000771. The van der Waals surface area contributed by atoms with Gasteiger partial charge in [-0.3, -0.25) is 0 Å². The summed E-state index contributed by atoms with van der Waals surface area (Å²) in [6, 6.07) is 8.48. The van der Waals surface area contributed by atoms with E-state index in [4.69, 9.17) is 14.7 Å². The number of carbonyl (C=O) groups excluding carboxylic acids is 2. The lowest BCUT2D eigenvalue weighted by Gasteiger charge is -1.90. The highest BCUT2D eigenvalue weighted by Gasteiger charge is 1.79. The molecule has 1 aromatic carbocycles. The van der Waals surface area contributed by atoms with Gasteiger partial charge >= 0.3 is 0 Å². The molecule has 1 rings (SSSR count). The summed E-state index contributed by atoms with van der Waals surface area (Å²) in [6.45, 7) is 12.2. The smallest absolute Gasteiger partial charge is 0.106 e. The van der Waals surface area contributed by atoms with E-state index in [2.05, 4.69) is 38.1 Å². The summed E-state index contributed by atoms with van der Waals surface area (Å²) < 4.78 is 0. The SMILES string of the molecule is C=O.C=O.CC.CO.Cc1ccc(C)cc1. The second-order valence-electron chi connectivity index (χ2n) is 2.15. The molecule has 1 aromatic rings. The van der Waals surface area contributed by atoms with Crippen LogP contribution >= 0.6 is 0 Å². The molecule has 0 bridgehead atoms. The van der Waals surface area contributed by atoms with Crippen LogP contribution in [-0.2, 0) is 9.59 Å². The van der Waals surface area contributed by atoms with Gasteiger partial charge < -0.3 is 14.7 Å². The van der Waals surface area contributed by atoms with Crippen molar-refractivity contribution in [3.05, 3.63) is 35.4 Å². The average molecular weight is 228 g/mol. The third kappa shape index (κ3) is 22.9. The summed E-state index contributed by atoms with van der Waals surface area (Å²) >= 11 is 0. The van der Waals surface area contributed by atoms with Crippen molar-refractivity contribution in [2.45, 2.75) is 27.7 Å². The molecule has 0 radical (unpaired) electrons. The number of aliphatic hydroxyl groups is 1. The van der Waals surface area contributed by atoms with Gasteiger partial charge in [0.1, 0.15) is 13.6 Å². The maximum absolute atomic E-state index is 8.00. The van der Waals surface area contributed by atoms with Crippen molar-refractivity contribution < 1.29 is 14.7 Å². The number of carbonyl (C=O) groups is 2. The van der Waals surface area contributed by atoms with Crippen LogP contribution in [0.15, 0.2) is 24.3 Å². The van der Waals surface area contributed by atoms with E-state index in [0.717, 1.165) is 7.11 Å². The molecule has 0 saturated carbocycles. The zero-order chi connectivity index (χ0) is 14.0. The monoisotopic (exact) mass is 228 g/mol. The minimum Gasteiger partial charge on any atom is -0.400 e. The molecule has 0 spiro atoms. The van der Waals surface area contributed by atoms with Crippen LogP contribution in [0.2, 0.25) is 0 Å². The molecule has 3 heteroatoms. The molecular formula is C13H24O3. The predicted octanol–water partition coefficient (Wildman–Crippen LogP) is 2.57. The number of hydrogen-bond donors (Lipinski definition) is 1. The lowest BCUT2D eigenvalue weighted by molar-refractivity contribution is -0.0987. The molecule has 0 heterocycles. The lowest BCUT2D eigenvalue weighted by atomic mass is 10.2. The van der Waals surface area contributed by atoms with E-state index in [1.165, 1.54) is 11.1 Å². The molecule has 16 heavy (non-hydrogen) atoms. The second kappa shape index (κ2) is 29.2. The number of hydrogen-bond acceptors (Lipinski definition) is 3. The number of aliphatic hydroxyl groups excluding tert-OH is 1. The highest BCUT2D eigenvalue weighted by Crippen LogP contribution is 1.99. The van der Waals surface area contributed by atoms with Crippen molar-refractivity contribution in [2.75, 3.05) is 7.11 Å². The van der Waals surface area contributed by atoms with Gasteiger partial charge in [0.2, 0.25) is 0 Å². The van der Waals surface area contributed by atoms with Gasteiger partial charge in [-0.1, -0.05) is 49.2 Å². The Labute approximate surface area is 99.1 Å². The molecule has 0 amide bonds. The first kappa shape index (κ1) is 24.0. The fraction of sp³-hybridized carbons (Fsp3) is 0.385. The lowest BCUT2D eigenvalue weighted by Crippen LogP contribution is -1.70. The normalized spacial score (nSPS) is 5.88. The van der Waals surface area contributed by atoms with E-state index in [0.29, 0.717) is 0 Å². The summed E-state index contributed by atoms with van der Waals surface area (Å²) in [4.78, 5) is 16.0. The van der Waals surface area contributed by atoms with Gasteiger partial charge in [-0.2, -0.15) is 0 Å². The Kier molecular flexibility index (Phi) is 43.8. The fourth-order valence-corrected chi connectivity index (χ4v) is 0.637. The molecule has 0 saturated heterocycles. The average Bonchev–Trinajstić information content (AvgIpc) is 2.42. The van der Waals surface area contributed by atoms with Gasteiger partial charge in [0.05, 0.1) is 0 Å². The van der Waals surface area contributed by atoms with Crippen molar-refractivity contribution in [3.8, 4) is 0 Å². The molecule has 0 unspecified atom stereocenters. The second-order valence-corrected chi connectivity index (χ2v) is 2.15. The zero-order valence-electron chi connectivity index (χ0n) is 11.0. The van der Waals surface area contributed by atoms with E-state index >= 15 is 0 Å². The van der Waals surface area contributed by atoms with Gasteiger partial charge in [0.25, 0.3) is 0 Å². The van der Waals surface area contributed by atoms with Crippen LogP contribution in [0.5, 0.6) is 0 Å². The van der Waals surface area contributed by atoms with Crippen LogP contribution in [0, 0.1) is 13.8 Å². The highest BCUT2D eigenvalue weighted by atomic mass is 16.2. The van der Waals surface area contributed by atoms with Crippen molar-refractivity contribution in [2.24, 2.45) is 0 Å². The minimum absolute atomic E-state index is 1.00. The molecular weight excluding hydrogens is 204 g/mol. The van der Waals surface area contributed by atoms with Gasteiger partial charge in [-0.15, -0.1) is 0 Å². The summed E-state index contributed by atoms with van der Waals surface area (Å²) in [5.74, 6) is 0. The largest absolute Gasteiger partial charge is 0.400 e. The Bertz CT molecular complexity index is 172. The third-order valence-corrected chi connectivity index (χ3v) is 1.22. The fourth-order valence-electron chi connectivity index (χ4n) is 0.637. The first-order valence-electron chi connectivity index (χ1n) is 4.85. The summed E-state index contributed by atoms with van der Waals surface area (Å²) in [7, 11) is 1.00. The van der Waals surface area contributed by atoms with Gasteiger partial charge in [-0.05, 0) is 13.8 Å². The molecule has 0 aliphatic carbocycles. The third-order valence-electron chi connectivity index (χ3n) is 1.22. The standard InChI is InChI=1S/C8H10.C2H6.CH4O.2CH2O/c1-7-3-5-8(2)6-4-7;4*1-2/h3-6H,1-2H3;1-2H3;2H,1H3;2*1H2. The summed E-state index contributed by atoms with van der Waals surface area (Å²) in [5, 5.41) is 7.00. The predicted molar refractivity (Wildman–Crippen MR) is 69.6 cm³/mol. The van der Waals surface area contributed by atoms with E-state index in [1.54, 1.807) is 0 Å². The minimum atomic E-state index is 1.00.